The Kier molecular flexibility index (Phi) is 5.23. The van der Waals surface area contributed by atoms with Crippen molar-refractivity contribution < 1.29 is 23.1 Å². The van der Waals surface area contributed by atoms with E-state index < -0.39 is 27.8 Å². The summed E-state index contributed by atoms with van der Waals surface area (Å²) in [7, 11) is -2.11. The molecule has 0 aliphatic heterocycles. The topological polar surface area (TPSA) is 113 Å². The van der Waals surface area contributed by atoms with Gasteiger partial charge in [0.2, 0.25) is 15.9 Å². The van der Waals surface area contributed by atoms with Crippen LogP contribution < -0.4 is 10.0 Å². The molecule has 0 rings (SSSR count). The van der Waals surface area contributed by atoms with Crippen LogP contribution in [0.2, 0.25) is 0 Å². The molecular weight excluding hydrogens is 224 g/mol. The monoisotopic (exact) mass is 238 g/mol. The first-order chi connectivity index (χ1) is 6.80. The maximum atomic E-state index is 11.1. The van der Waals surface area contributed by atoms with Crippen LogP contribution in [0.25, 0.3) is 0 Å². The molecular formula is C7H14N2O5S. The Labute approximate surface area is 87.9 Å². The molecule has 0 aromatic carbocycles. The lowest BCUT2D eigenvalue weighted by Crippen LogP contribution is -2.37. The number of carbonyl (C=O) groups is 2. The number of nitrogens with one attached hydrogen (secondary N) is 2. The van der Waals surface area contributed by atoms with Crippen molar-refractivity contribution in [1.29, 1.82) is 0 Å². The molecule has 0 aliphatic carbocycles. The van der Waals surface area contributed by atoms with E-state index in [1.165, 1.54) is 14.0 Å². The van der Waals surface area contributed by atoms with Crippen molar-refractivity contribution in [2.75, 3.05) is 19.3 Å². The van der Waals surface area contributed by atoms with Crippen LogP contribution in [0.4, 0.5) is 0 Å². The lowest BCUT2D eigenvalue weighted by Gasteiger charge is -2.07. The number of carboxylic acid groups (broad SMARTS) is 1. The summed E-state index contributed by atoms with van der Waals surface area (Å²) in [6.45, 7) is 1.11. The highest BCUT2D eigenvalue weighted by atomic mass is 32.2. The van der Waals surface area contributed by atoms with E-state index in [9.17, 15) is 18.0 Å². The minimum atomic E-state index is -3.37. The Hall–Kier alpha value is -1.15. The number of hydrogen-bond acceptors (Lipinski definition) is 4. The van der Waals surface area contributed by atoms with Gasteiger partial charge in [0.1, 0.15) is 5.92 Å². The molecule has 0 bridgehead atoms. The van der Waals surface area contributed by atoms with Crippen LogP contribution in [-0.2, 0) is 19.6 Å². The summed E-state index contributed by atoms with van der Waals surface area (Å²) in [6, 6.07) is 0. The van der Waals surface area contributed by atoms with Crippen molar-refractivity contribution in [3.8, 4) is 0 Å². The quantitative estimate of drug-likeness (QED) is 0.481. The van der Waals surface area contributed by atoms with Crippen molar-refractivity contribution in [3.05, 3.63) is 0 Å². The molecule has 0 spiro atoms. The highest BCUT2D eigenvalue weighted by Crippen LogP contribution is 1.93. The van der Waals surface area contributed by atoms with Crippen LogP contribution in [0, 0.1) is 5.92 Å². The highest BCUT2D eigenvalue weighted by molar-refractivity contribution is 7.89. The molecule has 0 aliphatic rings. The van der Waals surface area contributed by atoms with Crippen molar-refractivity contribution in [1.82, 2.24) is 10.0 Å². The second-order valence-electron chi connectivity index (χ2n) is 2.87. The summed E-state index contributed by atoms with van der Waals surface area (Å²) < 4.78 is 23.9. The molecule has 0 saturated carbocycles. The molecule has 0 fully saturated rings. The predicted molar refractivity (Wildman–Crippen MR) is 52.7 cm³/mol. The van der Waals surface area contributed by atoms with E-state index in [1.807, 2.05) is 0 Å². The lowest BCUT2D eigenvalue weighted by atomic mass is 10.2. The molecule has 3 N–H and O–H groups in total. The zero-order valence-electron chi connectivity index (χ0n) is 8.48. The Bertz CT molecular complexity index is 337. The summed E-state index contributed by atoms with van der Waals surface area (Å²) in [5, 5.41) is 10.7. The summed E-state index contributed by atoms with van der Waals surface area (Å²) in [5.74, 6) is -3.40. The fourth-order valence-corrected chi connectivity index (χ4v) is 1.25. The van der Waals surface area contributed by atoms with Gasteiger partial charge in [-0.3, -0.25) is 9.59 Å². The van der Waals surface area contributed by atoms with Gasteiger partial charge in [0.25, 0.3) is 0 Å². The van der Waals surface area contributed by atoms with Crippen LogP contribution >= 0.6 is 0 Å². The number of amides is 1. The summed E-state index contributed by atoms with van der Waals surface area (Å²) in [4.78, 5) is 21.4. The van der Waals surface area contributed by atoms with Crippen LogP contribution in [0.15, 0.2) is 0 Å². The third kappa shape index (κ3) is 5.33. The summed E-state index contributed by atoms with van der Waals surface area (Å²) in [5.41, 5.74) is 0. The third-order valence-electron chi connectivity index (χ3n) is 1.74. The first kappa shape index (κ1) is 13.8. The first-order valence-corrected chi connectivity index (χ1v) is 5.87. The standard InChI is InChI=1S/C7H14N2O5S/c1-5(7(11)12)6(10)9-3-4-15(13,14)8-2/h5,8H,3-4H2,1-2H3,(H,9,10)(H,11,12). The van der Waals surface area contributed by atoms with E-state index in [0.29, 0.717) is 0 Å². The molecule has 15 heavy (non-hydrogen) atoms. The van der Waals surface area contributed by atoms with Crippen LogP contribution in [0.3, 0.4) is 0 Å². The molecule has 1 unspecified atom stereocenters. The van der Waals surface area contributed by atoms with Crippen molar-refractivity contribution in [3.63, 3.8) is 0 Å². The van der Waals surface area contributed by atoms with Crippen LogP contribution in [0.1, 0.15) is 6.92 Å². The number of hydrogen-bond donors (Lipinski definition) is 3. The smallest absolute Gasteiger partial charge is 0.315 e. The Morgan fingerprint density at radius 3 is 2.33 bits per heavy atom. The number of carboxylic acids is 1. The van der Waals surface area contributed by atoms with Gasteiger partial charge in [-0.05, 0) is 14.0 Å². The second-order valence-corrected chi connectivity index (χ2v) is 4.92. The van der Waals surface area contributed by atoms with Gasteiger partial charge in [-0.15, -0.1) is 0 Å². The molecule has 8 heteroatoms. The largest absolute Gasteiger partial charge is 0.481 e. The van der Waals surface area contributed by atoms with E-state index in [2.05, 4.69) is 10.0 Å². The average Bonchev–Trinajstić information content (AvgIpc) is 2.16. The number of rotatable bonds is 6. The highest BCUT2D eigenvalue weighted by Gasteiger charge is 2.20. The number of aliphatic carboxylic acids is 1. The average molecular weight is 238 g/mol. The third-order valence-corrected chi connectivity index (χ3v) is 3.11. The van der Waals surface area contributed by atoms with E-state index in [1.54, 1.807) is 0 Å². The lowest BCUT2D eigenvalue weighted by molar-refractivity contribution is -0.146. The van der Waals surface area contributed by atoms with Gasteiger partial charge in [-0.2, -0.15) is 0 Å². The van der Waals surface area contributed by atoms with Crippen LogP contribution in [0.5, 0.6) is 0 Å². The fraction of sp³-hybridized carbons (Fsp3) is 0.714. The van der Waals surface area contributed by atoms with Gasteiger partial charge in [-0.25, -0.2) is 13.1 Å². The van der Waals surface area contributed by atoms with E-state index in [4.69, 9.17) is 5.11 Å². The van der Waals surface area contributed by atoms with Gasteiger partial charge in [0.15, 0.2) is 0 Å². The van der Waals surface area contributed by atoms with Gasteiger partial charge in [-0.1, -0.05) is 0 Å². The first-order valence-electron chi connectivity index (χ1n) is 4.22. The van der Waals surface area contributed by atoms with Gasteiger partial charge in [0, 0.05) is 6.54 Å². The molecule has 1 atom stereocenters. The Morgan fingerprint density at radius 2 is 1.93 bits per heavy atom. The minimum absolute atomic E-state index is 0.111. The summed E-state index contributed by atoms with van der Waals surface area (Å²) in [6.07, 6.45) is 0. The molecule has 7 nitrogen and oxygen atoms in total. The van der Waals surface area contributed by atoms with E-state index >= 15 is 0 Å². The fourth-order valence-electron chi connectivity index (χ4n) is 0.676. The summed E-state index contributed by atoms with van der Waals surface area (Å²) >= 11 is 0. The zero-order valence-corrected chi connectivity index (χ0v) is 9.30. The number of sulfonamides is 1. The molecule has 0 radical (unpaired) electrons. The van der Waals surface area contributed by atoms with Crippen molar-refractivity contribution >= 4 is 21.9 Å². The number of carbonyl (C=O) groups excluding carboxylic acids is 1. The van der Waals surface area contributed by atoms with Crippen molar-refractivity contribution in [2.24, 2.45) is 5.92 Å². The predicted octanol–water partition coefficient (Wildman–Crippen LogP) is -1.63. The molecule has 0 heterocycles. The normalized spacial score (nSPS) is 13.2. The molecule has 0 saturated heterocycles. The van der Waals surface area contributed by atoms with E-state index in [-0.39, 0.29) is 12.3 Å². The molecule has 1 amide bonds. The Morgan fingerprint density at radius 1 is 1.40 bits per heavy atom. The maximum Gasteiger partial charge on any atom is 0.315 e. The SMILES string of the molecule is CNS(=O)(=O)CCNC(=O)C(C)C(=O)O. The van der Waals surface area contributed by atoms with E-state index in [0.717, 1.165) is 0 Å². The zero-order chi connectivity index (χ0) is 12.1. The minimum Gasteiger partial charge on any atom is -0.481 e. The van der Waals surface area contributed by atoms with Gasteiger partial charge in [0.05, 0.1) is 5.75 Å². The second kappa shape index (κ2) is 5.66. The maximum absolute atomic E-state index is 11.1. The molecule has 0 aromatic rings. The molecule has 88 valence electrons. The van der Waals surface area contributed by atoms with Crippen LogP contribution in [-0.4, -0.2) is 44.7 Å². The molecule has 0 aromatic heterocycles. The van der Waals surface area contributed by atoms with Gasteiger partial charge >= 0.3 is 5.97 Å². The van der Waals surface area contributed by atoms with Gasteiger partial charge < -0.3 is 10.4 Å². The Balaban J connectivity index is 3.99. The van der Waals surface area contributed by atoms with Crippen molar-refractivity contribution in [2.45, 2.75) is 6.92 Å².